The summed E-state index contributed by atoms with van der Waals surface area (Å²) in [7, 11) is -7.74. The van der Waals surface area contributed by atoms with Gasteiger partial charge in [-0.25, -0.2) is 16.8 Å². The van der Waals surface area contributed by atoms with Crippen LogP contribution < -0.4 is 0 Å². The molecule has 0 aromatic heterocycles. The summed E-state index contributed by atoms with van der Waals surface area (Å²) >= 11 is 0. The molecule has 8 aliphatic rings. The monoisotopic (exact) mass is 974 g/mol. The fourth-order valence-corrected chi connectivity index (χ4v) is 22.3. The maximum absolute atomic E-state index is 11.8. The van der Waals surface area contributed by atoms with Crippen molar-refractivity contribution in [3.8, 4) is 11.5 Å². The molecule has 8 fully saturated rings. The Labute approximate surface area is 395 Å². The lowest BCUT2D eigenvalue weighted by Gasteiger charge is -2.37. The molecular weight excluding hydrogens is 901 g/mol. The SMILES string of the molecule is CC1(C)C2CCC1(CS(=O)(=O)[O-])C(=O)C2.CC1(C)C2CCC1(CS(=O)(=O)[O-])C(=O)C2.Cc1cc([S+]2CCCC2)cc(C)c1O.Cc1cc([S+]2CCCC2C2CC3CCC2C3)cc(C)c1O. The number of carbonyl (C=O) groups excluding carboxylic acids is 2. The summed E-state index contributed by atoms with van der Waals surface area (Å²) in [4.78, 5) is 26.7. The fourth-order valence-electron chi connectivity index (χ4n) is 14.1. The minimum absolute atomic E-state index is 0.0248. The maximum atomic E-state index is 11.8. The van der Waals surface area contributed by atoms with Crippen LogP contribution in [0, 0.1) is 78.9 Å². The van der Waals surface area contributed by atoms with Crippen LogP contribution in [-0.2, 0) is 51.6 Å². The number of benzene rings is 2. The molecule has 2 aromatic rings. The van der Waals surface area contributed by atoms with E-state index >= 15 is 0 Å². The lowest BCUT2D eigenvalue weighted by molar-refractivity contribution is -0.128. The number of fused-ring (bicyclic) bond motifs is 6. The Kier molecular flexibility index (Phi) is 14.6. The smallest absolute Gasteiger partial charge is 0.155 e. The molecule has 65 heavy (non-hydrogen) atoms. The molecule has 9 unspecified atom stereocenters. The standard InChI is InChI=1S/C19H26OS.C12H16OS.2C10H16O4S/c1-12-8-16(9-13(2)19(12)20)21-7-3-4-18(21)17-11-14-5-6-15(17)10-14;1-9-7-11(8-10(2)12(9)13)14-5-3-4-6-14;2*1-9(2)7-3-4-10(9,8(11)5-7)6-15(12,13)14/h8-9,14-15,17-18H,3-7,10-11H2,1-2H3;7-8H,3-6H2,1-2H3;2*7H,3-6H2,1-2H3,(H,12,13,14). The summed E-state index contributed by atoms with van der Waals surface area (Å²) in [6.45, 7) is 15.8. The molecule has 362 valence electrons. The number of rotatable bonds is 7. The van der Waals surface area contributed by atoms with Crippen molar-refractivity contribution in [1.29, 1.82) is 0 Å². The lowest BCUT2D eigenvalue weighted by atomic mass is 9.70. The van der Waals surface area contributed by atoms with Gasteiger partial charge >= 0.3 is 0 Å². The Morgan fingerprint density at radius 2 is 1.06 bits per heavy atom. The molecule has 14 heteroatoms. The van der Waals surface area contributed by atoms with E-state index in [1.54, 1.807) is 0 Å². The van der Waals surface area contributed by atoms with Crippen LogP contribution in [0.5, 0.6) is 11.5 Å². The molecule has 2 heterocycles. The van der Waals surface area contributed by atoms with Crippen LogP contribution in [0.1, 0.15) is 140 Å². The molecule has 10 rings (SSSR count). The summed E-state index contributed by atoms with van der Waals surface area (Å²) < 4.78 is 65.4. The average molecular weight is 975 g/mol. The number of Topliss-reactive ketones (excluding diaryl/α,β-unsaturated/α-hetero) is 2. The van der Waals surface area contributed by atoms with E-state index in [0.717, 1.165) is 58.1 Å². The number of carbonyl (C=O) groups is 2. The molecule has 0 radical (unpaired) electrons. The molecule has 9 atom stereocenters. The van der Waals surface area contributed by atoms with Gasteiger partial charge in [-0.05, 0) is 173 Å². The van der Waals surface area contributed by atoms with Crippen molar-refractivity contribution in [3.63, 3.8) is 0 Å². The van der Waals surface area contributed by atoms with Crippen molar-refractivity contribution in [1.82, 2.24) is 0 Å². The Hall–Kier alpha value is -2.10. The minimum atomic E-state index is -4.33. The summed E-state index contributed by atoms with van der Waals surface area (Å²) in [5.41, 5.74) is 1.74. The van der Waals surface area contributed by atoms with Crippen LogP contribution in [0.3, 0.4) is 0 Å². The van der Waals surface area contributed by atoms with Gasteiger partial charge in [0.25, 0.3) is 0 Å². The van der Waals surface area contributed by atoms with Crippen LogP contribution in [0.2, 0.25) is 0 Å². The first-order chi connectivity index (χ1) is 30.2. The molecule has 0 spiro atoms. The van der Waals surface area contributed by atoms with Crippen molar-refractivity contribution in [2.45, 2.75) is 160 Å². The highest BCUT2D eigenvalue weighted by atomic mass is 32.2. The van der Waals surface area contributed by atoms with Crippen LogP contribution >= 0.6 is 0 Å². The predicted octanol–water partition coefficient (Wildman–Crippen LogP) is 9.22. The molecule has 2 saturated heterocycles. The molecule has 6 saturated carbocycles. The van der Waals surface area contributed by atoms with E-state index in [0.29, 0.717) is 59.0 Å². The molecule has 6 aliphatic carbocycles. The third-order valence-corrected chi connectivity index (χ3v) is 25.3. The number of hydrogen-bond donors (Lipinski definition) is 2. The van der Waals surface area contributed by atoms with Gasteiger partial charge < -0.3 is 19.3 Å². The van der Waals surface area contributed by atoms with E-state index in [9.17, 15) is 45.7 Å². The molecule has 6 bridgehead atoms. The molecule has 0 amide bonds. The topological polar surface area (TPSA) is 189 Å². The van der Waals surface area contributed by atoms with Crippen molar-refractivity contribution in [2.75, 3.05) is 28.8 Å². The highest BCUT2D eigenvalue weighted by Crippen LogP contribution is 2.65. The second kappa shape index (κ2) is 18.7. The average Bonchev–Trinajstić information content (AvgIpc) is 4.10. The van der Waals surface area contributed by atoms with E-state index in [4.69, 9.17) is 0 Å². The first kappa shape index (κ1) is 50.8. The van der Waals surface area contributed by atoms with Gasteiger partial charge in [-0.15, -0.1) is 0 Å². The van der Waals surface area contributed by atoms with Crippen molar-refractivity contribution in [2.24, 2.45) is 51.2 Å². The molecule has 2 aromatic carbocycles. The van der Waals surface area contributed by atoms with Crippen molar-refractivity contribution < 1.29 is 45.7 Å². The van der Waals surface area contributed by atoms with Gasteiger partial charge in [-0.3, -0.25) is 9.59 Å². The zero-order chi connectivity index (χ0) is 47.7. The van der Waals surface area contributed by atoms with E-state index in [2.05, 4.69) is 38.1 Å². The van der Waals surface area contributed by atoms with Crippen LogP contribution in [0.4, 0.5) is 0 Å². The van der Waals surface area contributed by atoms with Gasteiger partial charge in [0.15, 0.2) is 9.79 Å². The van der Waals surface area contributed by atoms with E-state index in [1.165, 1.54) is 78.4 Å². The second-order valence-electron chi connectivity index (χ2n) is 22.3. The van der Waals surface area contributed by atoms with Crippen molar-refractivity contribution >= 4 is 53.6 Å². The van der Waals surface area contributed by atoms with Crippen molar-refractivity contribution in [3.05, 3.63) is 46.5 Å². The number of hydrogen-bond acceptors (Lipinski definition) is 10. The normalized spacial score (nSPS) is 34.0. The van der Waals surface area contributed by atoms with Gasteiger partial charge in [0, 0.05) is 57.8 Å². The number of ketones is 2. The van der Waals surface area contributed by atoms with E-state index in [1.807, 2.05) is 41.5 Å². The number of aromatic hydroxyl groups is 2. The van der Waals surface area contributed by atoms with E-state index in [-0.39, 0.29) is 34.2 Å². The number of phenols is 2. The van der Waals surface area contributed by atoms with Gasteiger partial charge in [0.05, 0.1) is 31.7 Å². The second-order valence-corrected chi connectivity index (χ2v) is 29.7. The first-order valence-corrected chi connectivity index (χ1v) is 30.3. The summed E-state index contributed by atoms with van der Waals surface area (Å²) in [6.07, 6.45) is 15.5. The Morgan fingerprint density at radius 1 is 0.615 bits per heavy atom. The maximum Gasteiger partial charge on any atom is 0.155 e. The van der Waals surface area contributed by atoms with Gasteiger partial charge in [0.1, 0.15) is 45.6 Å². The van der Waals surface area contributed by atoms with Crippen LogP contribution in [0.25, 0.3) is 0 Å². The highest BCUT2D eigenvalue weighted by Gasteiger charge is 2.65. The number of aryl methyl sites for hydroxylation is 4. The predicted molar refractivity (Wildman–Crippen MR) is 258 cm³/mol. The van der Waals surface area contributed by atoms with Gasteiger partial charge in [0.2, 0.25) is 0 Å². The molecule has 2 N–H and O–H groups in total. The summed E-state index contributed by atoms with van der Waals surface area (Å²) in [6, 6.07) is 8.88. The number of phenolic OH excluding ortho intramolecular Hbond substituents is 2. The first-order valence-electron chi connectivity index (χ1n) is 24.1. The van der Waals surface area contributed by atoms with Gasteiger partial charge in [-0.1, -0.05) is 34.1 Å². The Balaban J connectivity index is 0.000000131. The zero-order valence-corrected chi connectivity index (χ0v) is 43.3. The quantitative estimate of drug-likeness (QED) is 0.200. The molecular formula is C51H74O10S4. The van der Waals surface area contributed by atoms with Crippen LogP contribution in [0.15, 0.2) is 34.1 Å². The third-order valence-electron chi connectivity index (χ3n) is 18.2. The van der Waals surface area contributed by atoms with E-state index < -0.39 is 42.6 Å². The molecule has 2 aliphatic heterocycles. The van der Waals surface area contributed by atoms with Crippen LogP contribution in [-0.4, -0.2) is 81.7 Å². The lowest BCUT2D eigenvalue weighted by Crippen LogP contribution is -2.42. The molecule has 10 nitrogen and oxygen atoms in total. The third kappa shape index (κ3) is 9.88. The summed E-state index contributed by atoms with van der Waals surface area (Å²) in [5.74, 6) is 7.63. The fraction of sp³-hybridized carbons (Fsp3) is 0.725. The van der Waals surface area contributed by atoms with Gasteiger partial charge in [-0.2, -0.15) is 0 Å². The largest absolute Gasteiger partial charge is 0.748 e. The Bertz CT molecular complexity index is 2240. The zero-order valence-electron chi connectivity index (χ0n) is 40.0. The summed E-state index contributed by atoms with van der Waals surface area (Å²) in [5, 5.41) is 20.7. The highest BCUT2D eigenvalue weighted by molar-refractivity contribution is 7.97. The Morgan fingerprint density at radius 3 is 1.42 bits per heavy atom. The minimum Gasteiger partial charge on any atom is -0.748 e.